The van der Waals surface area contributed by atoms with Crippen molar-refractivity contribution in [1.82, 2.24) is 20.0 Å². The minimum Gasteiger partial charge on any atom is -0.349 e. The van der Waals surface area contributed by atoms with E-state index >= 15 is 0 Å². The van der Waals surface area contributed by atoms with Gasteiger partial charge in [-0.05, 0) is 38.2 Å². The van der Waals surface area contributed by atoms with Gasteiger partial charge in [-0.2, -0.15) is 5.10 Å². The van der Waals surface area contributed by atoms with Gasteiger partial charge in [0, 0.05) is 37.9 Å². The van der Waals surface area contributed by atoms with E-state index in [0.29, 0.717) is 5.56 Å². The summed E-state index contributed by atoms with van der Waals surface area (Å²) in [7, 11) is 0. The third-order valence-electron chi connectivity index (χ3n) is 5.27. The van der Waals surface area contributed by atoms with Crippen molar-refractivity contribution >= 4 is 5.91 Å². The molecule has 140 valence electrons. The summed E-state index contributed by atoms with van der Waals surface area (Å²) in [5.74, 6) is 0.0209. The van der Waals surface area contributed by atoms with Crippen molar-refractivity contribution in [2.45, 2.75) is 52.1 Å². The summed E-state index contributed by atoms with van der Waals surface area (Å²) in [5.41, 5.74) is 3.07. The van der Waals surface area contributed by atoms with Crippen LogP contribution in [0.25, 0.3) is 0 Å². The quantitative estimate of drug-likeness (QED) is 0.831. The molecule has 0 bridgehead atoms. The minimum atomic E-state index is 0.0209. The molecule has 0 radical (unpaired) electrons. The lowest BCUT2D eigenvalue weighted by Gasteiger charge is -2.32. The van der Waals surface area contributed by atoms with Crippen molar-refractivity contribution in [1.29, 1.82) is 0 Å². The number of aryl methyl sites for hydroxylation is 1. The zero-order valence-corrected chi connectivity index (χ0v) is 15.9. The lowest BCUT2D eigenvalue weighted by atomic mass is 10.0. The summed E-state index contributed by atoms with van der Waals surface area (Å²) >= 11 is 0. The van der Waals surface area contributed by atoms with Gasteiger partial charge in [0.1, 0.15) is 0 Å². The fourth-order valence-electron chi connectivity index (χ4n) is 3.60. The van der Waals surface area contributed by atoms with Crippen molar-refractivity contribution in [3.05, 3.63) is 53.3 Å². The maximum atomic E-state index is 12.6. The predicted octanol–water partition coefficient (Wildman–Crippen LogP) is 3.04. The second kappa shape index (κ2) is 8.99. The van der Waals surface area contributed by atoms with E-state index in [9.17, 15) is 4.79 Å². The Hall–Kier alpha value is -2.14. The van der Waals surface area contributed by atoms with E-state index in [2.05, 4.69) is 52.6 Å². The molecular formula is C21H30N4O. The summed E-state index contributed by atoms with van der Waals surface area (Å²) in [4.78, 5) is 15.1. The number of carbonyl (C=O) groups is 1. The van der Waals surface area contributed by atoms with Gasteiger partial charge in [-0.15, -0.1) is 0 Å². The molecule has 0 unspecified atom stereocenters. The number of hydrogen-bond acceptors (Lipinski definition) is 3. The SMILES string of the molecule is CCCn1ncc(C(=O)NC2CCN(CCc3ccccc3)CC2)c1C. The van der Waals surface area contributed by atoms with Crippen LogP contribution in [-0.4, -0.2) is 46.3 Å². The monoisotopic (exact) mass is 354 g/mol. The van der Waals surface area contributed by atoms with Crippen LogP contribution in [0.3, 0.4) is 0 Å². The molecule has 0 saturated carbocycles. The van der Waals surface area contributed by atoms with Gasteiger partial charge in [-0.3, -0.25) is 9.48 Å². The molecule has 1 aliphatic heterocycles. The number of aromatic nitrogens is 2. The number of rotatable bonds is 7. The number of nitrogens with one attached hydrogen (secondary N) is 1. The smallest absolute Gasteiger partial charge is 0.254 e. The number of hydrogen-bond donors (Lipinski definition) is 1. The number of piperidine rings is 1. The highest BCUT2D eigenvalue weighted by Crippen LogP contribution is 2.14. The van der Waals surface area contributed by atoms with E-state index < -0.39 is 0 Å². The van der Waals surface area contributed by atoms with Crippen LogP contribution in [0.2, 0.25) is 0 Å². The maximum Gasteiger partial charge on any atom is 0.254 e. The number of carbonyl (C=O) groups excluding carboxylic acids is 1. The predicted molar refractivity (Wildman–Crippen MR) is 104 cm³/mol. The molecule has 1 aliphatic rings. The highest BCUT2D eigenvalue weighted by Gasteiger charge is 2.22. The first-order chi connectivity index (χ1) is 12.7. The molecule has 5 nitrogen and oxygen atoms in total. The largest absolute Gasteiger partial charge is 0.349 e. The van der Waals surface area contributed by atoms with E-state index in [4.69, 9.17) is 0 Å². The van der Waals surface area contributed by atoms with Gasteiger partial charge < -0.3 is 10.2 Å². The van der Waals surface area contributed by atoms with E-state index in [1.54, 1.807) is 6.20 Å². The molecule has 3 rings (SSSR count). The Morgan fingerprint density at radius 2 is 1.92 bits per heavy atom. The Balaban J connectivity index is 1.44. The molecular weight excluding hydrogens is 324 g/mol. The zero-order chi connectivity index (χ0) is 18.4. The standard InChI is InChI=1S/C21H30N4O/c1-3-12-25-17(2)20(16-22-25)21(26)23-19-10-14-24(15-11-19)13-9-18-7-5-4-6-8-18/h4-8,16,19H,3,9-15H2,1-2H3,(H,23,26). The van der Waals surface area contributed by atoms with Crippen molar-refractivity contribution in [3.8, 4) is 0 Å². The van der Waals surface area contributed by atoms with Crippen LogP contribution in [0, 0.1) is 6.92 Å². The van der Waals surface area contributed by atoms with Gasteiger partial charge in [0.05, 0.1) is 11.8 Å². The molecule has 2 heterocycles. The Bertz CT molecular complexity index is 702. The summed E-state index contributed by atoms with van der Waals surface area (Å²) in [6.45, 7) is 8.14. The summed E-state index contributed by atoms with van der Waals surface area (Å²) in [6, 6.07) is 10.9. The van der Waals surface area contributed by atoms with Crippen molar-refractivity contribution in [2.24, 2.45) is 0 Å². The first-order valence-corrected chi connectivity index (χ1v) is 9.77. The Morgan fingerprint density at radius 3 is 2.62 bits per heavy atom. The van der Waals surface area contributed by atoms with E-state index in [1.165, 1.54) is 5.56 Å². The van der Waals surface area contributed by atoms with Gasteiger partial charge in [0.15, 0.2) is 0 Å². The van der Waals surface area contributed by atoms with Crippen LogP contribution in [-0.2, 0) is 13.0 Å². The Labute approximate surface area is 156 Å². The van der Waals surface area contributed by atoms with Gasteiger partial charge in [-0.1, -0.05) is 37.3 Å². The van der Waals surface area contributed by atoms with Crippen LogP contribution in [0.4, 0.5) is 0 Å². The molecule has 1 saturated heterocycles. The average Bonchev–Trinajstić information content (AvgIpc) is 3.03. The second-order valence-electron chi connectivity index (χ2n) is 7.19. The molecule has 1 amide bonds. The maximum absolute atomic E-state index is 12.6. The highest BCUT2D eigenvalue weighted by molar-refractivity contribution is 5.95. The summed E-state index contributed by atoms with van der Waals surface area (Å²) in [6.07, 6.45) is 5.85. The Morgan fingerprint density at radius 1 is 1.19 bits per heavy atom. The number of likely N-dealkylation sites (tertiary alicyclic amines) is 1. The van der Waals surface area contributed by atoms with Crippen LogP contribution >= 0.6 is 0 Å². The molecule has 0 atom stereocenters. The molecule has 1 fully saturated rings. The van der Waals surface area contributed by atoms with Crippen LogP contribution < -0.4 is 5.32 Å². The Kier molecular flexibility index (Phi) is 6.45. The molecule has 1 aromatic carbocycles. The molecule has 1 N–H and O–H groups in total. The van der Waals surface area contributed by atoms with Crippen LogP contribution in [0.15, 0.2) is 36.5 Å². The number of amides is 1. The molecule has 0 spiro atoms. The van der Waals surface area contributed by atoms with Gasteiger partial charge in [0.25, 0.3) is 5.91 Å². The van der Waals surface area contributed by atoms with Crippen LogP contribution in [0.5, 0.6) is 0 Å². The molecule has 26 heavy (non-hydrogen) atoms. The normalized spacial score (nSPS) is 15.9. The first kappa shape index (κ1) is 18.6. The highest BCUT2D eigenvalue weighted by atomic mass is 16.1. The van der Waals surface area contributed by atoms with E-state index in [-0.39, 0.29) is 11.9 Å². The van der Waals surface area contributed by atoms with Crippen molar-refractivity contribution in [3.63, 3.8) is 0 Å². The first-order valence-electron chi connectivity index (χ1n) is 9.77. The van der Waals surface area contributed by atoms with Crippen molar-refractivity contribution in [2.75, 3.05) is 19.6 Å². The summed E-state index contributed by atoms with van der Waals surface area (Å²) < 4.78 is 1.92. The van der Waals surface area contributed by atoms with Gasteiger partial charge in [-0.25, -0.2) is 0 Å². The fraction of sp³-hybridized carbons (Fsp3) is 0.524. The number of nitrogens with zero attached hydrogens (tertiary/aromatic N) is 3. The fourth-order valence-corrected chi connectivity index (χ4v) is 3.60. The number of benzene rings is 1. The molecule has 0 aliphatic carbocycles. The second-order valence-corrected chi connectivity index (χ2v) is 7.19. The molecule has 2 aromatic rings. The lowest BCUT2D eigenvalue weighted by Crippen LogP contribution is -2.45. The topological polar surface area (TPSA) is 50.2 Å². The minimum absolute atomic E-state index is 0.0209. The van der Waals surface area contributed by atoms with E-state index in [1.807, 2.05) is 11.6 Å². The molecule has 1 aromatic heterocycles. The zero-order valence-electron chi connectivity index (χ0n) is 15.9. The van der Waals surface area contributed by atoms with Crippen LogP contribution in [0.1, 0.15) is 47.8 Å². The van der Waals surface area contributed by atoms with Gasteiger partial charge in [0.2, 0.25) is 0 Å². The summed E-state index contributed by atoms with van der Waals surface area (Å²) in [5, 5.41) is 7.54. The third-order valence-corrected chi connectivity index (χ3v) is 5.27. The van der Waals surface area contributed by atoms with E-state index in [0.717, 1.165) is 57.6 Å². The van der Waals surface area contributed by atoms with Crippen molar-refractivity contribution < 1.29 is 4.79 Å². The molecule has 5 heteroatoms. The third kappa shape index (κ3) is 4.73. The average molecular weight is 354 g/mol. The van der Waals surface area contributed by atoms with Gasteiger partial charge >= 0.3 is 0 Å². The lowest BCUT2D eigenvalue weighted by molar-refractivity contribution is 0.0910.